The van der Waals surface area contributed by atoms with Crippen LogP contribution in [-0.2, 0) is 6.42 Å². The average Bonchev–Trinajstić information content (AvgIpc) is 3.44. The third kappa shape index (κ3) is 5.21. The molecule has 4 heterocycles. The lowest BCUT2D eigenvalue weighted by Gasteiger charge is -2.35. The van der Waals surface area contributed by atoms with Gasteiger partial charge < -0.3 is 5.11 Å². The highest BCUT2D eigenvalue weighted by molar-refractivity contribution is 7.96. The number of aryl methyl sites for hydroxylation is 1. The van der Waals surface area contributed by atoms with Crippen LogP contribution < -0.4 is 9.68 Å². The summed E-state index contributed by atoms with van der Waals surface area (Å²) in [5, 5.41) is 12.1. The summed E-state index contributed by atoms with van der Waals surface area (Å²) < 4.78 is 19.1. The van der Waals surface area contributed by atoms with Gasteiger partial charge in [0.2, 0.25) is 0 Å². The molecule has 0 aliphatic carbocycles. The average molecular weight is 533 g/mol. The Morgan fingerprint density at radius 2 is 1.86 bits per heavy atom. The Kier molecular flexibility index (Phi) is 7.46. The molecule has 1 aliphatic rings. The minimum absolute atomic E-state index is 0.275. The van der Waals surface area contributed by atoms with Crippen molar-refractivity contribution in [3.05, 3.63) is 59.7 Å². The number of piperidine rings is 1. The summed E-state index contributed by atoms with van der Waals surface area (Å²) >= 11 is 3.34. The van der Waals surface area contributed by atoms with E-state index in [1.54, 1.807) is 27.8 Å². The first-order valence-corrected chi connectivity index (χ1v) is 14.7. The van der Waals surface area contributed by atoms with E-state index in [-0.39, 0.29) is 5.82 Å². The zero-order valence-corrected chi connectivity index (χ0v) is 23.7. The van der Waals surface area contributed by atoms with Crippen molar-refractivity contribution < 1.29 is 9.50 Å². The van der Waals surface area contributed by atoms with Crippen LogP contribution in [0.5, 0.6) is 0 Å². The molecule has 12 heteroatoms. The number of thiazole rings is 1. The number of hydrogen-bond acceptors (Lipinski definition) is 7. The van der Waals surface area contributed by atoms with Crippen LogP contribution in [0.4, 0.5) is 15.3 Å². The normalized spacial score (nSPS) is 15.5. The molecule has 0 bridgehead atoms. The van der Waals surface area contributed by atoms with Crippen molar-refractivity contribution in [2.75, 3.05) is 24.2 Å². The Labute approximate surface area is 228 Å². The van der Waals surface area contributed by atoms with Crippen molar-refractivity contribution >= 4 is 68.2 Å². The molecule has 3 aromatic heterocycles. The number of halogens is 1. The van der Waals surface area contributed by atoms with Gasteiger partial charge in [0, 0.05) is 24.8 Å². The minimum atomic E-state index is -1.23. The van der Waals surface area contributed by atoms with Crippen LogP contribution in [0, 0.1) is 5.82 Å². The highest BCUT2D eigenvalue weighted by Gasteiger charge is 2.33. The topological polar surface area (TPSA) is 56.9 Å². The Hall–Kier alpha value is -2.27. The van der Waals surface area contributed by atoms with Gasteiger partial charge in [-0.05, 0) is 72.1 Å². The fourth-order valence-corrected chi connectivity index (χ4v) is 6.77. The lowest BCUT2D eigenvalue weighted by Crippen LogP contribution is -2.48. The molecule has 1 fully saturated rings. The zero-order chi connectivity index (χ0) is 26.3. The van der Waals surface area contributed by atoms with Crippen molar-refractivity contribution in [1.29, 1.82) is 0 Å². The van der Waals surface area contributed by atoms with Crippen LogP contribution in [0.1, 0.15) is 36.9 Å². The number of aromatic nitrogens is 3. The number of aliphatic hydroxyl groups is 1. The van der Waals surface area contributed by atoms with Crippen LogP contribution in [0.3, 0.4) is 0 Å². The van der Waals surface area contributed by atoms with E-state index in [0.717, 1.165) is 65.5 Å². The maximum Gasteiger partial charge on any atom is 0.192 e. The molecule has 0 amide bonds. The van der Waals surface area contributed by atoms with Gasteiger partial charge in [0.25, 0.3) is 0 Å². The second kappa shape index (κ2) is 10.5. The summed E-state index contributed by atoms with van der Waals surface area (Å²) in [4.78, 5) is 11.8. The first-order chi connectivity index (χ1) is 17.7. The van der Waals surface area contributed by atoms with Crippen molar-refractivity contribution in [3.63, 3.8) is 0 Å². The van der Waals surface area contributed by atoms with Gasteiger partial charge in [0.05, 0.1) is 16.9 Å². The summed E-state index contributed by atoms with van der Waals surface area (Å²) in [6, 6.07) is 10.7. The van der Waals surface area contributed by atoms with E-state index in [1.807, 2.05) is 24.7 Å². The van der Waals surface area contributed by atoms with Gasteiger partial charge in [0.1, 0.15) is 17.3 Å². The number of anilines is 2. The molecule has 1 saturated heterocycles. The van der Waals surface area contributed by atoms with Crippen LogP contribution in [0.15, 0.2) is 42.6 Å². The molecular weight excluding hydrogens is 502 g/mol. The van der Waals surface area contributed by atoms with Gasteiger partial charge in [-0.2, -0.15) is 0 Å². The van der Waals surface area contributed by atoms with E-state index in [0.29, 0.717) is 11.0 Å². The van der Waals surface area contributed by atoms with Gasteiger partial charge in [-0.3, -0.25) is 13.6 Å². The molecule has 37 heavy (non-hydrogen) atoms. The van der Waals surface area contributed by atoms with Crippen molar-refractivity contribution in [2.24, 2.45) is 0 Å². The van der Waals surface area contributed by atoms with Crippen molar-refractivity contribution in [3.8, 4) is 11.3 Å². The standard InChI is InChI=1S/C25H31B3FN5OS2/c1-3-19-23(33-14-17(6-9-20(33)30-19)15-10-12-32(36-2)13-11-15)34(25(27,28)35)24-31-21(22(26)37-24)16-4-7-18(29)8-5-16/h4-9,14-15,35H,3,10-13,26-28H2,1-2H3. The highest BCUT2D eigenvalue weighted by atomic mass is 32.2. The molecule has 1 N–H and O–H groups in total. The van der Waals surface area contributed by atoms with E-state index in [4.69, 9.17) is 9.97 Å². The summed E-state index contributed by atoms with van der Waals surface area (Å²) in [5.74, 6) is 1.06. The fourth-order valence-electron chi connectivity index (χ4n) is 5.12. The number of benzene rings is 1. The molecular formula is C25H31B3FN5OS2. The number of pyridine rings is 1. The largest absolute Gasteiger partial charge is 0.388 e. The van der Waals surface area contributed by atoms with Crippen LogP contribution >= 0.6 is 23.3 Å². The van der Waals surface area contributed by atoms with Crippen molar-refractivity contribution in [2.45, 2.75) is 37.6 Å². The minimum Gasteiger partial charge on any atom is -0.388 e. The van der Waals surface area contributed by atoms with E-state index in [1.165, 1.54) is 29.0 Å². The van der Waals surface area contributed by atoms with Gasteiger partial charge in [-0.25, -0.2) is 14.4 Å². The summed E-state index contributed by atoms with van der Waals surface area (Å²) in [6.45, 7) is 4.26. The fraction of sp³-hybridized carbons (Fsp3) is 0.360. The smallest absolute Gasteiger partial charge is 0.192 e. The maximum atomic E-state index is 13.5. The first-order valence-electron chi connectivity index (χ1n) is 12.8. The summed E-state index contributed by atoms with van der Waals surface area (Å²) in [7, 11) is 5.57. The Balaban J connectivity index is 1.61. The molecule has 0 spiro atoms. The van der Waals surface area contributed by atoms with E-state index in [2.05, 4.69) is 40.2 Å². The molecule has 190 valence electrons. The highest BCUT2D eigenvalue weighted by Crippen LogP contribution is 2.38. The number of rotatable bonds is 7. The molecule has 0 saturated carbocycles. The second-order valence-corrected chi connectivity index (χ2v) is 12.1. The Bertz CT molecular complexity index is 1400. The lowest BCUT2D eigenvalue weighted by atomic mass is 9.72. The predicted molar refractivity (Wildman–Crippen MR) is 161 cm³/mol. The molecule has 0 radical (unpaired) electrons. The molecule has 4 aromatic rings. The molecule has 5 rings (SSSR count). The van der Waals surface area contributed by atoms with Gasteiger partial charge in [-0.1, -0.05) is 24.9 Å². The van der Waals surface area contributed by atoms with Crippen LogP contribution in [0.25, 0.3) is 16.9 Å². The van der Waals surface area contributed by atoms with Gasteiger partial charge in [-0.15, -0.1) is 11.3 Å². The summed E-state index contributed by atoms with van der Waals surface area (Å²) in [5.41, 5.74) is 3.48. The Morgan fingerprint density at radius 3 is 2.49 bits per heavy atom. The molecule has 0 unspecified atom stereocenters. The number of nitrogens with zero attached hydrogens (tertiary/aromatic N) is 5. The second-order valence-electron chi connectivity index (χ2n) is 10.1. The van der Waals surface area contributed by atoms with Crippen LogP contribution in [0.2, 0.25) is 0 Å². The molecule has 1 aliphatic heterocycles. The lowest BCUT2D eigenvalue weighted by molar-refractivity contribution is 0.218. The quantitative estimate of drug-likeness (QED) is 0.223. The van der Waals surface area contributed by atoms with E-state index in [9.17, 15) is 9.50 Å². The summed E-state index contributed by atoms with van der Waals surface area (Å²) in [6.07, 6.45) is 7.32. The van der Waals surface area contributed by atoms with Crippen molar-refractivity contribution in [1.82, 2.24) is 18.7 Å². The first kappa shape index (κ1) is 26.3. The van der Waals surface area contributed by atoms with Gasteiger partial charge in [0.15, 0.2) is 28.7 Å². The number of fused-ring (bicyclic) bond motifs is 1. The van der Waals surface area contributed by atoms with E-state index < -0.39 is 5.52 Å². The number of hydrogen-bond donors (Lipinski definition) is 1. The molecule has 1 aromatic carbocycles. The molecule has 6 nitrogen and oxygen atoms in total. The monoisotopic (exact) mass is 533 g/mol. The number of imidazole rings is 1. The SMILES string of the molecule is Bc1sc(N(c2c(CC)nc3ccc(C4CCN(SC)CC4)cn23)C(B)(B)O)nc1-c1ccc(F)cc1. The zero-order valence-electron chi connectivity index (χ0n) is 22.0. The third-order valence-corrected chi connectivity index (χ3v) is 8.89. The Morgan fingerprint density at radius 1 is 1.16 bits per heavy atom. The van der Waals surface area contributed by atoms with E-state index >= 15 is 0 Å². The van der Waals surface area contributed by atoms with Crippen LogP contribution in [-0.4, -0.2) is 72.2 Å². The van der Waals surface area contributed by atoms with Gasteiger partial charge >= 0.3 is 0 Å². The third-order valence-electron chi connectivity index (χ3n) is 7.06. The molecule has 0 atom stereocenters. The predicted octanol–water partition coefficient (Wildman–Crippen LogP) is 1.88. The maximum absolute atomic E-state index is 13.5.